The van der Waals surface area contributed by atoms with Gasteiger partial charge in [0.1, 0.15) is 11.6 Å². The van der Waals surface area contributed by atoms with E-state index in [0.29, 0.717) is 5.95 Å². The van der Waals surface area contributed by atoms with Crippen molar-refractivity contribution in [2.45, 2.75) is 13.8 Å². The first kappa shape index (κ1) is 15.6. The second kappa shape index (κ2) is 6.50. The Kier molecular flexibility index (Phi) is 4.04. The van der Waals surface area contributed by atoms with E-state index in [-0.39, 0.29) is 0 Å². The number of anilines is 3. The summed E-state index contributed by atoms with van der Waals surface area (Å²) in [5.41, 5.74) is 0.775. The Bertz CT molecular complexity index is 867. The number of aromatic nitrogens is 6. The second-order valence-electron chi connectivity index (χ2n) is 5.95. The molecule has 3 aromatic heterocycles. The van der Waals surface area contributed by atoms with Gasteiger partial charge in [-0.15, -0.1) is 15.3 Å². The zero-order chi connectivity index (χ0) is 17.2. The Morgan fingerprint density at radius 1 is 1.00 bits per heavy atom. The molecule has 0 amide bonds. The number of nitrogens with zero attached hydrogens (tertiary/aromatic N) is 8. The number of piperazine rings is 1. The molecule has 3 aromatic rings. The zero-order valence-electron chi connectivity index (χ0n) is 14.4. The minimum Gasteiger partial charge on any atom is -0.354 e. The lowest BCUT2D eigenvalue weighted by molar-refractivity contribution is 0.635. The van der Waals surface area contributed by atoms with Gasteiger partial charge < -0.3 is 15.1 Å². The van der Waals surface area contributed by atoms with Crippen LogP contribution in [0.4, 0.5) is 17.6 Å². The quantitative estimate of drug-likeness (QED) is 0.753. The summed E-state index contributed by atoms with van der Waals surface area (Å²) in [6.07, 6.45) is 1.80. The lowest BCUT2D eigenvalue weighted by Gasteiger charge is -2.35. The van der Waals surface area contributed by atoms with E-state index in [1.807, 2.05) is 32.0 Å². The Balaban J connectivity index is 1.47. The van der Waals surface area contributed by atoms with Crippen molar-refractivity contribution in [1.29, 1.82) is 0 Å². The summed E-state index contributed by atoms with van der Waals surface area (Å²) in [7, 11) is 0. The van der Waals surface area contributed by atoms with Gasteiger partial charge in [-0.05, 0) is 32.0 Å². The van der Waals surface area contributed by atoms with Gasteiger partial charge in [-0.1, -0.05) is 0 Å². The molecule has 0 unspecified atom stereocenters. The van der Waals surface area contributed by atoms with E-state index in [9.17, 15) is 0 Å². The summed E-state index contributed by atoms with van der Waals surface area (Å²) >= 11 is 0. The van der Waals surface area contributed by atoms with E-state index in [2.05, 4.69) is 40.4 Å². The van der Waals surface area contributed by atoms with Crippen molar-refractivity contribution < 1.29 is 0 Å². The Hall–Kier alpha value is -2.97. The molecule has 1 N–H and O–H groups in total. The number of rotatable bonds is 4. The number of hydrogen-bond donors (Lipinski definition) is 1. The molecule has 4 rings (SSSR count). The van der Waals surface area contributed by atoms with Gasteiger partial charge in [-0.2, -0.15) is 9.50 Å². The summed E-state index contributed by atoms with van der Waals surface area (Å²) in [6, 6.07) is 5.93. The molecule has 9 heteroatoms. The van der Waals surface area contributed by atoms with Gasteiger partial charge in [-0.25, -0.2) is 4.98 Å². The molecular formula is C16H21N9. The maximum Gasteiger partial charge on any atom is 0.224 e. The van der Waals surface area contributed by atoms with Gasteiger partial charge in [0, 0.05) is 38.9 Å². The van der Waals surface area contributed by atoms with Crippen molar-refractivity contribution in [3.05, 3.63) is 30.2 Å². The van der Waals surface area contributed by atoms with Gasteiger partial charge in [0.05, 0.1) is 0 Å². The van der Waals surface area contributed by atoms with Crippen LogP contribution in [0.2, 0.25) is 0 Å². The molecule has 0 spiro atoms. The molecule has 0 radical (unpaired) electrons. The van der Waals surface area contributed by atoms with E-state index in [4.69, 9.17) is 0 Å². The van der Waals surface area contributed by atoms with Crippen LogP contribution in [0.25, 0.3) is 5.65 Å². The fraction of sp³-hybridized carbons (Fsp3) is 0.438. The monoisotopic (exact) mass is 339 g/mol. The van der Waals surface area contributed by atoms with Crippen molar-refractivity contribution in [1.82, 2.24) is 29.8 Å². The van der Waals surface area contributed by atoms with Gasteiger partial charge in [0.2, 0.25) is 5.95 Å². The highest BCUT2D eigenvalue weighted by molar-refractivity contribution is 5.49. The Morgan fingerprint density at radius 3 is 2.52 bits per heavy atom. The highest BCUT2D eigenvalue weighted by Crippen LogP contribution is 2.18. The van der Waals surface area contributed by atoms with Crippen LogP contribution in [0.15, 0.2) is 24.4 Å². The summed E-state index contributed by atoms with van der Waals surface area (Å²) < 4.78 is 1.79. The fourth-order valence-corrected chi connectivity index (χ4v) is 2.99. The smallest absolute Gasteiger partial charge is 0.224 e. The predicted molar refractivity (Wildman–Crippen MR) is 96.1 cm³/mol. The minimum atomic E-state index is 0.678. The van der Waals surface area contributed by atoms with Crippen molar-refractivity contribution in [3.63, 3.8) is 0 Å². The highest BCUT2D eigenvalue weighted by Gasteiger charge is 2.20. The molecule has 1 fully saturated rings. The number of nitrogens with one attached hydrogen (secondary N) is 1. The van der Waals surface area contributed by atoms with Crippen LogP contribution in [0.5, 0.6) is 0 Å². The van der Waals surface area contributed by atoms with Crippen molar-refractivity contribution in [3.8, 4) is 0 Å². The van der Waals surface area contributed by atoms with Gasteiger partial charge in [0.15, 0.2) is 11.5 Å². The topological polar surface area (TPSA) is 87.4 Å². The summed E-state index contributed by atoms with van der Waals surface area (Å²) in [5.74, 6) is 3.39. The van der Waals surface area contributed by atoms with E-state index in [1.165, 1.54) is 0 Å². The maximum atomic E-state index is 4.66. The lowest BCUT2D eigenvalue weighted by Crippen LogP contribution is -2.47. The molecule has 9 nitrogen and oxygen atoms in total. The third-order valence-corrected chi connectivity index (χ3v) is 4.31. The lowest BCUT2D eigenvalue weighted by atomic mass is 10.3. The van der Waals surface area contributed by atoms with Gasteiger partial charge in [-0.3, -0.25) is 0 Å². The fourth-order valence-electron chi connectivity index (χ4n) is 2.99. The first-order chi connectivity index (χ1) is 12.2. The third-order valence-electron chi connectivity index (χ3n) is 4.31. The number of fused-ring (bicyclic) bond motifs is 1. The van der Waals surface area contributed by atoms with E-state index < -0.39 is 0 Å². The molecule has 0 bridgehead atoms. The van der Waals surface area contributed by atoms with Crippen molar-refractivity contribution in [2.75, 3.05) is 47.8 Å². The third kappa shape index (κ3) is 3.04. The second-order valence-corrected chi connectivity index (χ2v) is 5.95. The normalized spacial score (nSPS) is 15.0. The number of aryl methyl sites for hydroxylation is 1. The summed E-state index contributed by atoms with van der Waals surface area (Å²) in [6.45, 7) is 8.32. The van der Waals surface area contributed by atoms with E-state index in [1.54, 1.807) is 10.7 Å². The van der Waals surface area contributed by atoms with Crippen LogP contribution in [0.3, 0.4) is 0 Å². The van der Waals surface area contributed by atoms with Crippen LogP contribution in [-0.4, -0.2) is 62.5 Å². The molecular weight excluding hydrogens is 318 g/mol. The van der Waals surface area contributed by atoms with Crippen LogP contribution in [-0.2, 0) is 0 Å². The van der Waals surface area contributed by atoms with Crippen molar-refractivity contribution >= 4 is 23.2 Å². The molecule has 0 aliphatic carbocycles. The molecule has 130 valence electrons. The standard InChI is InChI=1S/C16H21N9/c1-3-17-16-18-7-6-13(19-16)23-8-10-24(11-9-23)15-5-4-14-21-20-12(2)25(14)22-15/h4-7H,3,8-11H2,1-2H3,(H,17,18,19). The van der Waals surface area contributed by atoms with Crippen molar-refractivity contribution in [2.24, 2.45) is 0 Å². The van der Waals surface area contributed by atoms with Crippen LogP contribution < -0.4 is 15.1 Å². The molecule has 1 aliphatic rings. The molecule has 1 aliphatic heterocycles. The van der Waals surface area contributed by atoms with Crippen LogP contribution in [0.1, 0.15) is 12.7 Å². The maximum absolute atomic E-state index is 4.66. The first-order valence-electron chi connectivity index (χ1n) is 8.50. The SMILES string of the molecule is CCNc1nccc(N2CCN(c3ccc4nnc(C)n4n3)CC2)n1. The van der Waals surface area contributed by atoms with Crippen LogP contribution >= 0.6 is 0 Å². The summed E-state index contributed by atoms with van der Waals surface area (Å²) in [4.78, 5) is 13.4. The average molecular weight is 339 g/mol. The molecule has 25 heavy (non-hydrogen) atoms. The van der Waals surface area contributed by atoms with Gasteiger partial charge >= 0.3 is 0 Å². The minimum absolute atomic E-state index is 0.678. The summed E-state index contributed by atoms with van der Waals surface area (Å²) in [5, 5.41) is 16.0. The predicted octanol–water partition coefficient (Wildman–Crippen LogP) is 0.981. The molecule has 0 aromatic carbocycles. The first-order valence-corrected chi connectivity index (χ1v) is 8.50. The van der Waals surface area contributed by atoms with Crippen LogP contribution in [0, 0.1) is 6.92 Å². The highest BCUT2D eigenvalue weighted by atomic mass is 15.4. The van der Waals surface area contributed by atoms with E-state index >= 15 is 0 Å². The molecule has 4 heterocycles. The zero-order valence-corrected chi connectivity index (χ0v) is 14.4. The molecule has 0 atom stereocenters. The Labute approximate surface area is 145 Å². The van der Waals surface area contributed by atoms with E-state index in [0.717, 1.165) is 55.8 Å². The molecule has 1 saturated heterocycles. The van der Waals surface area contributed by atoms with Gasteiger partial charge in [0.25, 0.3) is 0 Å². The molecule has 0 saturated carbocycles. The largest absolute Gasteiger partial charge is 0.354 e. The Morgan fingerprint density at radius 2 is 1.76 bits per heavy atom. The number of hydrogen-bond acceptors (Lipinski definition) is 8. The average Bonchev–Trinajstić information content (AvgIpc) is 3.03.